The topological polar surface area (TPSA) is 23.6 Å². The minimum Gasteiger partial charge on any atom is -0.301 e. The van der Waals surface area contributed by atoms with Gasteiger partial charge in [-0.15, -0.1) is 0 Å². The van der Waals surface area contributed by atoms with Crippen LogP contribution in [0.3, 0.4) is 0 Å². The smallest absolute Gasteiger partial charge is 0.300 e. The summed E-state index contributed by atoms with van der Waals surface area (Å²) < 4.78 is 18.4. The Balaban J connectivity index is 1.73. The Labute approximate surface area is 135 Å². The molecule has 22 heavy (non-hydrogen) atoms. The number of fused-ring (bicyclic) bond motifs is 1. The van der Waals surface area contributed by atoms with Gasteiger partial charge in [-0.05, 0) is 48.5 Å². The molecule has 2 saturated heterocycles. The van der Waals surface area contributed by atoms with E-state index in [0.29, 0.717) is 6.04 Å². The summed E-state index contributed by atoms with van der Waals surface area (Å²) in [6, 6.07) is 20.8. The summed E-state index contributed by atoms with van der Waals surface area (Å²) in [6.45, 7) is -0.819. The fourth-order valence-corrected chi connectivity index (χ4v) is 9.13. The molecule has 5 heteroatoms. The van der Waals surface area contributed by atoms with E-state index in [1.807, 2.05) is 36.4 Å². The highest BCUT2D eigenvalue weighted by atomic mass is 32.7. The average molecular weight is 330 g/mol. The summed E-state index contributed by atoms with van der Waals surface area (Å²) in [7, 11) is 0. The number of benzene rings is 2. The second-order valence-corrected chi connectivity index (χ2v) is 10.4. The molecule has 0 spiro atoms. The molecule has 2 aliphatic rings. The molecule has 2 fully saturated rings. The lowest BCUT2D eigenvalue weighted by Crippen LogP contribution is -2.20. The van der Waals surface area contributed by atoms with Crippen LogP contribution < -0.4 is 4.67 Å². The van der Waals surface area contributed by atoms with Gasteiger partial charge in [0.1, 0.15) is 0 Å². The van der Waals surface area contributed by atoms with Crippen LogP contribution in [-0.2, 0) is 4.57 Å². The molecule has 2 aromatic rings. The van der Waals surface area contributed by atoms with E-state index in [9.17, 15) is 4.57 Å². The van der Waals surface area contributed by atoms with Crippen molar-refractivity contribution in [2.75, 3.05) is 17.8 Å². The summed E-state index contributed by atoms with van der Waals surface area (Å²) in [5.74, 6) is 0. The lowest BCUT2D eigenvalue weighted by atomic mass is 10.2. The summed E-state index contributed by atoms with van der Waals surface area (Å²) in [5.41, 5.74) is 1.07. The molecule has 0 N–H and O–H groups in total. The molecule has 0 aromatic heterocycles. The van der Waals surface area contributed by atoms with E-state index in [4.69, 9.17) is 0 Å². The number of nitrogens with zero attached hydrogens (tertiary/aromatic N) is 2. The van der Waals surface area contributed by atoms with Crippen molar-refractivity contribution in [1.82, 2.24) is 4.67 Å². The van der Waals surface area contributed by atoms with Crippen LogP contribution in [0.25, 0.3) is 0 Å². The first-order valence-electron chi connectivity index (χ1n) is 7.72. The van der Waals surface area contributed by atoms with Gasteiger partial charge < -0.3 is 4.67 Å². The van der Waals surface area contributed by atoms with Crippen molar-refractivity contribution < 1.29 is 4.57 Å². The summed E-state index contributed by atoms with van der Waals surface area (Å²) in [5, 5.41) is 0. The van der Waals surface area contributed by atoms with Crippen molar-refractivity contribution in [3.05, 3.63) is 60.7 Å². The van der Waals surface area contributed by atoms with Crippen LogP contribution in [0.4, 0.5) is 5.69 Å². The van der Waals surface area contributed by atoms with Crippen LogP contribution in [0.5, 0.6) is 0 Å². The van der Waals surface area contributed by atoms with Gasteiger partial charge in [-0.1, -0.05) is 36.4 Å². The van der Waals surface area contributed by atoms with E-state index in [1.165, 1.54) is 0 Å². The van der Waals surface area contributed by atoms with Crippen LogP contribution >= 0.6 is 18.0 Å². The molecule has 0 radical (unpaired) electrons. The van der Waals surface area contributed by atoms with Crippen molar-refractivity contribution in [3.8, 4) is 0 Å². The van der Waals surface area contributed by atoms with Gasteiger partial charge in [0.15, 0.2) is 0 Å². The number of hydrogen-bond acceptors (Lipinski definition) is 2. The molecule has 3 nitrogen and oxygen atoms in total. The molecule has 2 heterocycles. The fourth-order valence-electron chi connectivity index (χ4n) is 3.35. The first-order chi connectivity index (χ1) is 10.8. The van der Waals surface area contributed by atoms with Gasteiger partial charge in [0.2, 0.25) is 0 Å². The molecule has 0 bridgehead atoms. The third-order valence-electron chi connectivity index (χ3n) is 4.38. The summed E-state index contributed by atoms with van der Waals surface area (Å²) in [6.07, 6.45) is 2.31. The third kappa shape index (κ3) is 2.40. The fraction of sp³-hybridized carbons (Fsp3) is 0.294. The van der Waals surface area contributed by atoms with E-state index < -0.39 is 6.65 Å². The molecule has 2 aromatic carbocycles. The summed E-state index contributed by atoms with van der Waals surface area (Å²) in [4.78, 5) is 1.08. The maximum Gasteiger partial charge on any atom is 0.300 e. The van der Waals surface area contributed by atoms with Crippen molar-refractivity contribution in [3.63, 3.8) is 0 Å². The highest BCUT2D eigenvalue weighted by Gasteiger charge is 2.51. The van der Waals surface area contributed by atoms with E-state index in [1.54, 1.807) is 11.4 Å². The number of hydrogen-bond donors (Lipinski definition) is 0. The van der Waals surface area contributed by atoms with E-state index in [-0.39, 0.29) is 0 Å². The van der Waals surface area contributed by atoms with Gasteiger partial charge in [-0.2, -0.15) is 0 Å². The molecule has 0 amide bonds. The van der Waals surface area contributed by atoms with E-state index in [0.717, 1.165) is 36.5 Å². The second-order valence-electron chi connectivity index (χ2n) is 5.77. The Kier molecular flexibility index (Phi) is 3.77. The predicted octanol–water partition coefficient (Wildman–Crippen LogP) is 4.87. The molecule has 2 aliphatic heterocycles. The monoisotopic (exact) mass is 330 g/mol. The maximum atomic E-state index is 13.9. The molecular formula is C17H19N2OPS. The van der Waals surface area contributed by atoms with Crippen LogP contribution in [0.2, 0.25) is 0 Å². The van der Waals surface area contributed by atoms with Crippen molar-refractivity contribution in [2.24, 2.45) is 0 Å². The minimum atomic E-state index is -2.64. The highest BCUT2D eigenvalue weighted by Crippen LogP contribution is 2.72. The zero-order chi connectivity index (χ0) is 15.0. The molecule has 0 aliphatic carbocycles. The van der Waals surface area contributed by atoms with Gasteiger partial charge >= 0.3 is 0 Å². The van der Waals surface area contributed by atoms with Gasteiger partial charge in [-0.25, -0.2) is 4.67 Å². The minimum absolute atomic E-state index is 0.433. The Morgan fingerprint density at radius 1 is 1.00 bits per heavy atom. The Bertz CT molecular complexity index is 694. The Hall–Kier alpha value is -1.22. The molecule has 114 valence electrons. The van der Waals surface area contributed by atoms with Gasteiger partial charge in [0, 0.05) is 29.7 Å². The van der Waals surface area contributed by atoms with Crippen LogP contribution in [0.1, 0.15) is 12.8 Å². The third-order valence-corrected chi connectivity index (χ3v) is 9.85. The average Bonchev–Trinajstić information content (AvgIpc) is 3.12. The Morgan fingerprint density at radius 3 is 2.41 bits per heavy atom. The SMILES string of the molecule is O=[P@]1(Sc2ccccc2)N(c2ccccc2)C[C@@H]2CCCN21. The first-order valence-corrected chi connectivity index (χ1v) is 10.8. The number of anilines is 1. The molecule has 4 rings (SSSR count). The molecule has 2 atom stereocenters. The zero-order valence-corrected chi connectivity index (χ0v) is 14.0. The molecule has 0 saturated carbocycles. The van der Waals surface area contributed by atoms with Gasteiger partial charge in [0.05, 0.1) is 0 Å². The highest BCUT2D eigenvalue weighted by molar-refractivity contribution is 8.57. The largest absolute Gasteiger partial charge is 0.301 e. The maximum absolute atomic E-state index is 13.9. The predicted molar refractivity (Wildman–Crippen MR) is 93.4 cm³/mol. The van der Waals surface area contributed by atoms with Crippen molar-refractivity contribution >= 4 is 23.7 Å². The molecular weight excluding hydrogens is 311 g/mol. The van der Waals surface area contributed by atoms with Crippen molar-refractivity contribution in [2.45, 2.75) is 23.8 Å². The van der Waals surface area contributed by atoms with Crippen LogP contribution in [0.15, 0.2) is 65.6 Å². The Morgan fingerprint density at radius 2 is 1.68 bits per heavy atom. The lowest BCUT2D eigenvalue weighted by Gasteiger charge is -2.30. The van der Waals surface area contributed by atoms with E-state index in [2.05, 4.69) is 33.6 Å². The quantitative estimate of drug-likeness (QED) is 0.749. The second kappa shape index (κ2) is 5.77. The van der Waals surface area contributed by atoms with Crippen LogP contribution in [-0.4, -0.2) is 23.8 Å². The normalized spacial score (nSPS) is 28.0. The standard InChI is InChI=1S/C17H19N2OPS/c20-21(22-17-11-5-2-6-12-17)18-13-7-10-16(18)14-19(21)15-8-3-1-4-9-15/h1-6,8-9,11-12,16H,7,10,13-14H2/t16-,21+/m0/s1. The molecule has 0 unspecified atom stereocenters. The van der Waals surface area contributed by atoms with Gasteiger partial charge in [-0.3, -0.25) is 4.57 Å². The summed E-state index contributed by atoms with van der Waals surface area (Å²) >= 11 is 1.54. The number of rotatable bonds is 3. The zero-order valence-electron chi connectivity index (χ0n) is 12.3. The first kappa shape index (κ1) is 14.4. The van der Waals surface area contributed by atoms with Crippen molar-refractivity contribution in [1.29, 1.82) is 0 Å². The van der Waals surface area contributed by atoms with Gasteiger partial charge in [0.25, 0.3) is 6.65 Å². The van der Waals surface area contributed by atoms with E-state index >= 15 is 0 Å². The lowest BCUT2D eigenvalue weighted by molar-refractivity contribution is 0.439. The number of para-hydroxylation sites is 1. The van der Waals surface area contributed by atoms with Crippen LogP contribution in [0, 0.1) is 0 Å².